The van der Waals surface area contributed by atoms with Gasteiger partial charge in [-0.3, -0.25) is 0 Å². The highest BCUT2D eigenvalue weighted by Gasteiger charge is 2.06. The van der Waals surface area contributed by atoms with Crippen LogP contribution in [-0.4, -0.2) is 20.1 Å². The smallest absolute Gasteiger partial charge is 0.123 e. The Morgan fingerprint density at radius 2 is 1.67 bits per heavy atom. The lowest BCUT2D eigenvalue weighted by Gasteiger charge is -2.21. The van der Waals surface area contributed by atoms with E-state index in [4.69, 9.17) is 0 Å². The quantitative estimate of drug-likeness (QED) is 0.782. The molecule has 1 N–H and O–H groups in total. The van der Waals surface area contributed by atoms with Crippen LogP contribution in [0.3, 0.4) is 0 Å². The van der Waals surface area contributed by atoms with E-state index in [2.05, 4.69) is 41.4 Å². The number of anilines is 1. The molecule has 0 aliphatic rings. The normalized spacial score (nSPS) is 10.6. The lowest BCUT2D eigenvalue weighted by molar-refractivity contribution is 0.627. The molecule has 112 valence electrons. The molecule has 0 fully saturated rings. The average molecular weight is 286 g/mol. The van der Waals surface area contributed by atoms with Gasteiger partial charge >= 0.3 is 0 Å². The molecule has 0 aliphatic heterocycles. The van der Waals surface area contributed by atoms with E-state index in [0.717, 1.165) is 31.7 Å². The van der Waals surface area contributed by atoms with Crippen molar-refractivity contribution in [2.45, 2.75) is 19.9 Å². The Labute approximate surface area is 126 Å². The highest BCUT2D eigenvalue weighted by Crippen LogP contribution is 2.18. The van der Waals surface area contributed by atoms with Gasteiger partial charge in [0.05, 0.1) is 0 Å². The van der Waals surface area contributed by atoms with Crippen LogP contribution in [0.15, 0.2) is 48.5 Å². The number of nitrogens with one attached hydrogen (secondary N) is 1. The predicted octanol–water partition coefficient (Wildman–Crippen LogP) is 3.61. The molecule has 0 amide bonds. The first-order chi connectivity index (χ1) is 10.2. The number of benzene rings is 2. The SMILES string of the molecule is CCNCCc1ccccc1CN(C)c1ccc(F)cc1. The Balaban J connectivity index is 2.06. The van der Waals surface area contributed by atoms with Crippen molar-refractivity contribution in [3.63, 3.8) is 0 Å². The van der Waals surface area contributed by atoms with Gasteiger partial charge in [0.2, 0.25) is 0 Å². The number of hydrogen-bond acceptors (Lipinski definition) is 2. The van der Waals surface area contributed by atoms with Gasteiger partial charge in [0.25, 0.3) is 0 Å². The molecule has 0 saturated heterocycles. The van der Waals surface area contributed by atoms with Crippen LogP contribution in [0, 0.1) is 5.82 Å². The lowest BCUT2D eigenvalue weighted by atomic mass is 10.0. The first-order valence-electron chi connectivity index (χ1n) is 7.45. The molecule has 3 heteroatoms. The molecule has 0 unspecified atom stereocenters. The highest BCUT2D eigenvalue weighted by molar-refractivity contribution is 5.46. The zero-order chi connectivity index (χ0) is 15.1. The summed E-state index contributed by atoms with van der Waals surface area (Å²) in [5, 5.41) is 3.36. The summed E-state index contributed by atoms with van der Waals surface area (Å²) < 4.78 is 13.0. The third-order valence-corrected chi connectivity index (χ3v) is 3.61. The van der Waals surface area contributed by atoms with Crippen LogP contribution in [0.4, 0.5) is 10.1 Å². The Hall–Kier alpha value is -1.87. The summed E-state index contributed by atoms with van der Waals surface area (Å²) in [7, 11) is 2.04. The van der Waals surface area contributed by atoms with Crippen LogP contribution in [0.2, 0.25) is 0 Å². The van der Waals surface area contributed by atoms with Gasteiger partial charge in [0, 0.05) is 19.3 Å². The summed E-state index contributed by atoms with van der Waals surface area (Å²) in [6, 6.07) is 15.2. The first-order valence-corrected chi connectivity index (χ1v) is 7.45. The summed E-state index contributed by atoms with van der Waals surface area (Å²) >= 11 is 0. The van der Waals surface area contributed by atoms with Crippen molar-refractivity contribution in [2.24, 2.45) is 0 Å². The number of halogens is 1. The molecule has 0 heterocycles. The number of nitrogens with zero attached hydrogens (tertiary/aromatic N) is 1. The summed E-state index contributed by atoms with van der Waals surface area (Å²) in [5.41, 5.74) is 3.72. The van der Waals surface area contributed by atoms with Crippen LogP contribution in [0.25, 0.3) is 0 Å². The number of rotatable bonds is 7. The van der Waals surface area contributed by atoms with Crippen LogP contribution >= 0.6 is 0 Å². The Morgan fingerprint density at radius 3 is 2.33 bits per heavy atom. The van der Waals surface area contributed by atoms with Gasteiger partial charge in [-0.05, 0) is 54.9 Å². The van der Waals surface area contributed by atoms with Crippen molar-refractivity contribution in [1.29, 1.82) is 0 Å². The summed E-state index contributed by atoms with van der Waals surface area (Å²) in [6.07, 6.45) is 1.03. The third kappa shape index (κ3) is 4.57. The second kappa shape index (κ2) is 7.79. The molecule has 0 aromatic heterocycles. The van der Waals surface area contributed by atoms with Crippen LogP contribution in [-0.2, 0) is 13.0 Å². The molecule has 2 nitrogen and oxygen atoms in total. The minimum absolute atomic E-state index is 0.196. The van der Waals surface area contributed by atoms with Gasteiger partial charge in [0.15, 0.2) is 0 Å². The maximum Gasteiger partial charge on any atom is 0.123 e. The lowest BCUT2D eigenvalue weighted by Crippen LogP contribution is -2.20. The van der Waals surface area contributed by atoms with E-state index in [1.807, 2.05) is 19.2 Å². The zero-order valence-electron chi connectivity index (χ0n) is 12.8. The minimum Gasteiger partial charge on any atom is -0.370 e. The largest absolute Gasteiger partial charge is 0.370 e. The van der Waals surface area contributed by atoms with E-state index in [-0.39, 0.29) is 5.82 Å². The van der Waals surface area contributed by atoms with Crippen molar-refractivity contribution < 1.29 is 4.39 Å². The van der Waals surface area contributed by atoms with E-state index in [9.17, 15) is 4.39 Å². The maximum absolute atomic E-state index is 13.0. The van der Waals surface area contributed by atoms with Crippen LogP contribution in [0.1, 0.15) is 18.1 Å². The van der Waals surface area contributed by atoms with E-state index in [0.29, 0.717) is 0 Å². The molecule has 0 aliphatic carbocycles. The monoisotopic (exact) mass is 286 g/mol. The van der Waals surface area contributed by atoms with Gasteiger partial charge in [-0.15, -0.1) is 0 Å². The van der Waals surface area contributed by atoms with Crippen LogP contribution < -0.4 is 10.2 Å². The fourth-order valence-electron chi connectivity index (χ4n) is 2.40. The van der Waals surface area contributed by atoms with Crippen molar-refractivity contribution >= 4 is 5.69 Å². The van der Waals surface area contributed by atoms with Gasteiger partial charge < -0.3 is 10.2 Å². The minimum atomic E-state index is -0.196. The maximum atomic E-state index is 13.0. The second-order valence-corrected chi connectivity index (χ2v) is 5.20. The molecule has 2 rings (SSSR count). The predicted molar refractivity (Wildman–Crippen MR) is 87.2 cm³/mol. The van der Waals surface area contributed by atoms with Crippen molar-refractivity contribution in [3.05, 3.63) is 65.5 Å². The summed E-state index contributed by atoms with van der Waals surface area (Å²) in [6.45, 7) is 4.94. The van der Waals surface area contributed by atoms with Crippen LogP contribution in [0.5, 0.6) is 0 Å². The molecule has 0 bridgehead atoms. The van der Waals surface area contributed by atoms with E-state index in [1.54, 1.807) is 0 Å². The van der Waals surface area contributed by atoms with E-state index >= 15 is 0 Å². The number of hydrogen-bond donors (Lipinski definition) is 1. The Kier molecular flexibility index (Phi) is 5.76. The fourth-order valence-corrected chi connectivity index (χ4v) is 2.40. The Bertz CT molecular complexity index is 551. The highest BCUT2D eigenvalue weighted by atomic mass is 19.1. The number of likely N-dealkylation sites (N-methyl/N-ethyl adjacent to an activating group) is 1. The molecular weight excluding hydrogens is 263 g/mol. The molecule has 0 radical (unpaired) electrons. The van der Waals surface area contributed by atoms with Gasteiger partial charge in [-0.25, -0.2) is 4.39 Å². The molecule has 2 aromatic carbocycles. The third-order valence-electron chi connectivity index (χ3n) is 3.61. The zero-order valence-corrected chi connectivity index (χ0v) is 12.8. The van der Waals surface area contributed by atoms with Gasteiger partial charge in [-0.2, -0.15) is 0 Å². The molecule has 0 atom stereocenters. The standard InChI is InChI=1S/C18H23FN2/c1-3-20-13-12-15-6-4-5-7-16(15)14-21(2)18-10-8-17(19)9-11-18/h4-11,20H,3,12-14H2,1-2H3. The molecule has 2 aromatic rings. The molecule has 21 heavy (non-hydrogen) atoms. The molecular formula is C18H23FN2. The van der Waals surface area contributed by atoms with E-state index in [1.165, 1.54) is 23.3 Å². The summed E-state index contributed by atoms with van der Waals surface area (Å²) in [4.78, 5) is 2.14. The second-order valence-electron chi connectivity index (χ2n) is 5.20. The van der Waals surface area contributed by atoms with Crippen molar-refractivity contribution in [3.8, 4) is 0 Å². The van der Waals surface area contributed by atoms with Crippen molar-refractivity contribution in [2.75, 3.05) is 25.0 Å². The molecule has 0 spiro atoms. The fraction of sp³-hybridized carbons (Fsp3) is 0.333. The molecule has 0 saturated carbocycles. The summed E-state index contributed by atoms with van der Waals surface area (Å²) in [5.74, 6) is -0.196. The topological polar surface area (TPSA) is 15.3 Å². The average Bonchev–Trinajstić information content (AvgIpc) is 2.50. The van der Waals surface area contributed by atoms with Gasteiger partial charge in [0.1, 0.15) is 5.82 Å². The van der Waals surface area contributed by atoms with E-state index < -0.39 is 0 Å². The van der Waals surface area contributed by atoms with Crippen molar-refractivity contribution in [1.82, 2.24) is 5.32 Å². The van der Waals surface area contributed by atoms with Gasteiger partial charge in [-0.1, -0.05) is 31.2 Å². The first kappa shape index (κ1) is 15.5. The Morgan fingerprint density at radius 1 is 1.00 bits per heavy atom.